The number of rotatable bonds is 2. The van der Waals surface area contributed by atoms with Crippen LogP contribution in [0.5, 0.6) is 5.88 Å². The molecule has 0 spiro atoms. The van der Waals surface area contributed by atoms with Gasteiger partial charge in [0.15, 0.2) is 0 Å². The third kappa shape index (κ3) is 4.15. The molecule has 0 N–H and O–H groups in total. The zero-order chi connectivity index (χ0) is 30.6. The quantitative estimate of drug-likeness (QED) is 0.179. The lowest BCUT2D eigenvalue weighted by molar-refractivity contribution is -0.137. The summed E-state index contributed by atoms with van der Waals surface area (Å²) in [4.78, 5) is 61.3. The SMILES string of the molecule is Cc1ccc2c(c1)C(=O)C(=O)/C2=C\c1nc2c(s1)-c1sc(/C=C3\C(=O)C(=O)c4cc(C(F)(F)F)ccc43)nc1OC2(C)C. The zero-order valence-corrected chi connectivity index (χ0v) is 24.1. The van der Waals surface area contributed by atoms with E-state index in [2.05, 4.69) is 4.98 Å². The molecule has 12 heteroatoms. The van der Waals surface area contributed by atoms with Crippen LogP contribution in [0.25, 0.3) is 33.1 Å². The maximum absolute atomic E-state index is 13.2. The molecular weight excluding hydrogens is 601 g/mol. The number of ether oxygens (including phenoxy) is 1. The minimum absolute atomic E-state index is 0.0488. The maximum atomic E-state index is 13.2. The Morgan fingerprint density at radius 3 is 1.93 bits per heavy atom. The van der Waals surface area contributed by atoms with E-state index in [0.29, 0.717) is 37.8 Å². The van der Waals surface area contributed by atoms with E-state index in [9.17, 15) is 32.3 Å². The van der Waals surface area contributed by atoms with E-state index < -0.39 is 40.5 Å². The van der Waals surface area contributed by atoms with Gasteiger partial charge >= 0.3 is 6.18 Å². The Labute approximate surface area is 249 Å². The number of hydrogen-bond donors (Lipinski definition) is 0. The van der Waals surface area contributed by atoms with Crippen LogP contribution in [0, 0.1) is 6.92 Å². The summed E-state index contributed by atoms with van der Waals surface area (Å²) in [6.07, 6.45) is -1.68. The standard InChI is InChI=1S/C31H17F3N2O5S2/c1-12-4-6-14-16(8-12)22(37)24(39)18(14)10-20-35-28-26(42-20)27-29(41-30(28,2)3)36-21(43-27)11-19-15-7-5-13(31(32,33)34)9-17(15)23(38)25(19)40/h4-11H,1-3H3/b18-10-,19-11-. The minimum atomic E-state index is -4.66. The van der Waals surface area contributed by atoms with Crippen LogP contribution in [-0.2, 0) is 21.4 Å². The van der Waals surface area contributed by atoms with Crippen molar-refractivity contribution in [2.24, 2.45) is 0 Å². The van der Waals surface area contributed by atoms with Gasteiger partial charge in [-0.1, -0.05) is 23.8 Å². The molecule has 214 valence electrons. The number of halogens is 3. The first-order valence-corrected chi connectivity index (χ1v) is 14.5. The third-order valence-corrected chi connectivity index (χ3v) is 9.56. The Kier molecular flexibility index (Phi) is 5.70. The normalized spacial score (nSPS) is 18.7. The molecule has 3 heterocycles. The monoisotopic (exact) mass is 618 g/mol. The van der Waals surface area contributed by atoms with E-state index in [-0.39, 0.29) is 28.2 Å². The second kappa shape index (κ2) is 8.98. The van der Waals surface area contributed by atoms with Crippen molar-refractivity contribution in [3.05, 3.63) is 85.5 Å². The predicted molar refractivity (Wildman–Crippen MR) is 154 cm³/mol. The summed E-state index contributed by atoms with van der Waals surface area (Å²) in [7, 11) is 0. The molecule has 2 aliphatic carbocycles. The summed E-state index contributed by atoms with van der Waals surface area (Å²) < 4.78 is 45.7. The van der Waals surface area contributed by atoms with Gasteiger partial charge in [0.25, 0.3) is 0 Å². The van der Waals surface area contributed by atoms with Crippen LogP contribution >= 0.6 is 22.7 Å². The van der Waals surface area contributed by atoms with Crippen LogP contribution in [-0.4, -0.2) is 33.1 Å². The zero-order valence-electron chi connectivity index (χ0n) is 22.5. The number of allylic oxidation sites excluding steroid dienone is 2. The number of aromatic nitrogens is 2. The fourth-order valence-electron chi connectivity index (χ4n) is 5.34. The van der Waals surface area contributed by atoms with E-state index >= 15 is 0 Å². The third-order valence-electron chi connectivity index (χ3n) is 7.41. The Bertz CT molecular complexity index is 2060. The average molecular weight is 619 g/mol. The molecule has 2 aromatic heterocycles. The Hall–Kier alpha value is -4.55. The van der Waals surface area contributed by atoms with Gasteiger partial charge in [-0.3, -0.25) is 19.2 Å². The fraction of sp³-hybridized carbons (Fsp3) is 0.161. The molecule has 0 bridgehead atoms. The van der Waals surface area contributed by atoms with Crippen molar-refractivity contribution in [2.45, 2.75) is 32.5 Å². The van der Waals surface area contributed by atoms with Crippen LogP contribution in [0.1, 0.15) is 72.5 Å². The average Bonchev–Trinajstić information content (AvgIpc) is 3.66. The number of alkyl halides is 3. The summed E-state index contributed by atoms with van der Waals surface area (Å²) >= 11 is 2.46. The molecule has 0 saturated carbocycles. The Morgan fingerprint density at radius 1 is 0.744 bits per heavy atom. The highest BCUT2D eigenvalue weighted by Gasteiger charge is 2.41. The van der Waals surface area contributed by atoms with Gasteiger partial charge in [-0.05, 0) is 62.2 Å². The van der Waals surface area contributed by atoms with E-state index in [1.165, 1.54) is 28.7 Å². The number of thiazole rings is 2. The molecule has 43 heavy (non-hydrogen) atoms. The number of ketones is 4. The Morgan fingerprint density at radius 2 is 1.30 bits per heavy atom. The van der Waals surface area contributed by atoms with Crippen LogP contribution in [0.3, 0.4) is 0 Å². The van der Waals surface area contributed by atoms with Crippen LogP contribution in [0.15, 0.2) is 36.4 Å². The molecular formula is C31H17F3N2O5S2. The van der Waals surface area contributed by atoms with E-state index in [1.807, 2.05) is 13.0 Å². The second-order valence-corrected chi connectivity index (χ2v) is 12.8. The highest BCUT2D eigenvalue weighted by molar-refractivity contribution is 7.23. The lowest BCUT2D eigenvalue weighted by Crippen LogP contribution is -2.29. The van der Waals surface area contributed by atoms with Gasteiger partial charge in [0.05, 0.1) is 10.4 Å². The number of Topliss-reactive ketones (excluding diaryl/α,β-unsaturated/α-hetero) is 4. The first-order chi connectivity index (χ1) is 20.2. The van der Waals surface area contributed by atoms with Crippen molar-refractivity contribution in [1.29, 1.82) is 0 Å². The van der Waals surface area contributed by atoms with Gasteiger partial charge in [-0.25, -0.2) is 9.97 Å². The van der Waals surface area contributed by atoms with E-state index in [4.69, 9.17) is 9.72 Å². The highest BCUT2D eigenvalue weighted by Crippen LogP contribution is 2.51. The summed E-state index contributed by atoms with van der Waals surface area (Å²) in [5.74, 6) is -2.81. The van der Waals surface area contributed by atoms with Crippen LogP contribution < -0.4 is 4.74 Å². The summed E-state index contributed by atoms with van der Waals surface area (Å²) in [5, 5.41) is 0.796. The van der Waals surface area contributed by atoms with Gasteiger partial charge < -0.3 is 4.74 Å². The van der Waals surface area contributed by atoms with Crippen LogP contribution in [0.2, 0.25) is 0 Å². The van der Waals surface area contributed by atoms with Crippen molar-refractivity contribution < 1.29 is 37.1 Å². The van der Waals surface area contributed by atoms with Crippen LogP contribution in [0.4, 0.5) is 13.2 Å². The first-order valence-electron chi connectivity index (χ1n) is 12.9. The minimum Gasteiger partial charge on any atom is -0.464 e. The Balaban J connectivity index is 1.29. The molecule has 0 saturated heterocycles. The maximum Gasteiger partial charge on any atom is 0.416 e. The van der Waals surface area contributed by atoms with Crippen molar-refractivity contribution in [3.8, 4) is 15.6 Å². The largest absolute Gasteiger partial charge is 0.464 e. The second-order valence-electron chi connectivity index (χ2n) is 10.8. The number of fused-ring (bicyclic) bond motifs is 5. The van der Waals surface area contributed by atoms with Crippen molar-refractivity contribution in [2.75, 3.05) is 0 Å². The molecule has 0 radical (unpaired) electrons. The van der Waals surface area contributed by atoms with E-state index in [0.717, 1.165) is 22.6 Å². The molecule has 4 aromatic rings. The summed E-state index contributed by atoms with van der Waals surface area (Å²) in [6, 6.07) is 7.91. The number of carbonyl (C=O) groups excluding carboxylic acids is 4. The number of benzene rings is 2. The molecule has 7 nitrogen and oxygen atoms in total. The summed E-state index contributed by atoms with van der Waals surface area (Å²) in [6.45, 7) is 5.45. The molecule has 3 aliphatic rings. The van der Waals surface area contributed by atoms with Gasteiger partial charge in [0.2, 0.25) is 29.0 Å². The van der Waals surface area contributed by atoms with Gasteiger partial charge in [0.1, 0.15) is 26.2 Å². The number of nitrogens with zero attached hydrogens (tertiary/aromatic N) is 2. The topological polar surface area (TPSA) is 103 Å². The summed E-state index contributed by atoms with van der Waals surface area (Å²) in [5.41, 5.74) is 0.459. The number of aryl methyl sites for hydroxylation is 1. The van der Waals surface area contributed by atoms with Crippen molar-refractivity contribution in [1.82, 2.24) is 9.97 Å². The molecule has 1 aliphatic heterocycles. The first kappa shape index (κ1) is 27.3. The number of hydrogen-bond acceptors (Lipinski definition) is 9. The molecule has 7 rings (SSSR count). The lowest BCUT2D eigenvalue weighted by Gasteiger charge is -2.28. The van der Waals surface area contributed by atoms with Gasteiger partial charge in [-0.2, -0.15) is 13.2 Å². The smallest absolute Gasteiger partial charge is 0.416 e. The molecule has 0 fully saturated rings. The van der Waals surface area contributed by atoms with Gasteiger partial charge in [0, 0.05) is 22.3 Å². The van der Waals surface area contributed by atoms with Crippen molar-refractivity contribution >= 4 is 69.1 Å². The van der Waals surface area contributed by atoms with E-state index in [1.54, 1.807) is 32.1 Å². The molecule has 0 unspecified atom stereocenters. The lowest BCUT2D eigenvalue weighted by atomic mass is 10.0. The predicted octanol–water partition coefficient (Wildman–Crippen LogP) is 6.83. The molecule has 0 atom stereocenters. The van der Waals surface area contributed by atoms with Gasteiger partial charge in [-0.15, -0.1) is 22.7 Å². The highest BCUT2D eigenvalue weighted by atomic mass is 32.1. The molecule has 2 aromatic carbocycles. The molecule has 0 amide bonds. The van der Waals surface area contributed by atoms with Crippen molar-refractivity contribution in [3.63, 3.8) is 0 Å². The fourth-order valence-corrected chi connectivity index (χ4v) is 7.56. The number of carbonyl (C=O) groups is 4.